The quantitative estimate of drug-likeness (QED) is 0.877. The van der Waals surface area contributed by atoms with Gasteiger partial charge in [-0.3, -0.25) is 0 Å². The smallest absolute Gasteiger partial charge is 0.229 e. The van der Waals surface area contributed by atoms with Crippen LogP contribution in [0, 0.1) is 12.8 Å². The number of rotatable bonds is 3. The summed E-state index contributed by atoms with van der Waals surface area (Å²) in [5.41, 5.74) is 6.80. The normalized spacial score (nSPS) is 24.1. The molecule has 0 bridgehead atoms. The van der Waals surface area contributed by atoms with Gasteiger partial charge in [0.1, 0.15) is 0 Å². The molecule has 0 aromatic carbocycles. The van der Waals surface area contributed by atoms with Gasteiger partial charge < -0.3 is 15.4 Å². The molecule has 2 atom stereocenters. The van der Waals surface area contributed by atoms with Gasteiger partial charge in [0.2, 0.25) is 11.8 Å². The van der Waals surface area contributed by atoms with Crippen LogP contribution in [-0.2, 0) is 0 Å². The van der Waals surface area contributed by atoms with Crippen molar-refractivity contribution >= 4 is 5.95 Å². The molecule has 1 saturated heterocycles. The van der Waals surface area contributed by atoms with Crippen LogP contribution in [0.25, 0.3) is 0 Å². The lowest BCUT2D eigenvalue weighted by atomic mass is 9.93. The van der Waals surface area contributed by atoms with E-state index in [9.17, 15) is 0 Å². The highest BCUT2D eigenvalue weighted by Crippen LogP contribution is 2.26. The number of hydrogen-bond acceptors (Lipinski definition) is 5. The summed E-state index contributed by atoms with van der Waals surface area (Å²) >= 11 is 0. The van der Waals surface area contributed by atoms with Crippen molar-refractivity contribution in [2.75, 3.05) is 25.1 Å². The fraction of sp³-hybridized carbons (Fsp3) is 0.692. The lowest BCUT2D eigenvalue weighted by molar-refractivity contribution is 0.358. The highest BCUT2D eigenvalue weighted by atomic mass is 16.5. The number of ether oxygens (including phenoxy) is 1. The van der Waals surface area contributed by atoms with E-state index < -0.39 is 0 Å². The molecule has 1 aliphatic rings. The fourth-order valence-corrected chi connectivity index (χ4v) is 2.50. The van der Waals surface area contributed by atoms with Crippen LogP contribution in [0.1, 0.15) is 25.5 Å². The molecule has 100 valence electrons. The zero-order valence-corrected chi connectivity index (χ0v) is 11.4. The summed E-state index contributed by atoms with van der Waals surface area (Å²) in [5.74, 6) is 2.09. The minimum Gasteiger partial charge on any atom is -0.481 e. The van der Waals surface area contributed by atoms with E-state index in [4.69, 9.17) is 10.5 Å². The van der Waals surface area contributed by atoms with Gasteiger partial charge in [-0.25, -0.2) is 4.98 Å². The second kappa shape index (κ2) is 5.52. The Balaban J connectivity index is 2.26. The second-order valence-electron chi connectivity index (χ2n) is 5.06. The van der Waals surface area contributed by atoms with E-state index in [2.05, 4.69) is 21.8 Å². The number of nitrogens with two attached hydrogens (primary N) is 1. The molecular weight excluding hydrogens is 228 g/mol. The predicted octanol–water partition coefficient (Wildman–Crippen LogP) is 1.36. The molecule has 2 heterocycles. The average Bonchev–Trinajstić information content (AvgIpc) is 2.37. The van der Waals surface area contributed by atoms with Crippen molar-refractivity contribution in [3.05, 3.63) is 11.8 Å². The van der Waals surface area contributed by atoms with Crippen LogP contribution < -0.4 is 15.4 Å². The lowest BCUT2D eigenvalue weighted by Gasteiger charge is -2.38. The van der Waals surface area contributed by atoms with Crippen molar-refractivity contribution in [3.63, 3.8) is 0 Å². The lowest BCUT2D eigenvalue weighted by Crippen LogP contribution is -2.47. The van der Waals surface area contributed by atoms with Crippen LogP contribution in [0.4, 0.5) is 5.95 Å². The summed E-state index contributed by atoms with van der Waals surface area (Å²) in [5, 5.41) is 0. The van der Waals surface area contributed by atoms with Crippen molar-refractivity contribution in [1.29, 1.82) is 0 Å². The van der Waals surface area contributed by atoms with Crippen molar-refractivity contribution in [2.45, 2.75) is 32.7 Å². The first-order chi connectivity index (χ1) is 8.63. The number of aryl methyl sites for hydroxylation is 1. The Morgan fingerprint density at radius 3 is 2.94 bits per heavy atom. The molecule has 1 aromatic rings. The Hall–Kier alpha value is -1.36. The van der Waals surface area contributed by atoms with Crippen LogP contribution in [-0.4, -0.2) is 36.2 Å². The minimum atomic E-state index is 0.334. The maximum Gasteiger partial charge on any atom is 0.229 e. The Morgan fingerprint density at radius 2 is 2.28 bits per heavy atom. The first kappa shape index (κ1) is 13.1. The predicted molar refractivity (Wildman–Crippen MR) is 71.9 cm³/mol. The van der Waals surface area contributed by atoms with Gasteiger partial charge in [0.05, 0.1) is 7.11 Å². The van der Waals surface area contributed by atoms with E-state index in [0.717, 1.165) is 36.9 Å². The van der Waals surface area contributed by atoms with E-state index in [0.29, 0.717) is 18.5 Å². The summed E-state index contributed by atoms with van der Waals surface area (Å²) < 4.78 is 5.21. The molecule has 0 spiro atoms. The third kappa shape index (κ3) is 2.72. The Kier molecular flexibility index (Phi) is 4.01. The average molecular weight is 250 g/mol. The molecule has 2 unspecified atom stereocenters. The summed E-state index contributed by atoms with van der Waals surface area (Å²) in [7, 11) is 1.63. The van der Waals surface area contributed by atoms with Crippen LogP contribution in [0.15, 0.2) is 6.07 Å². The van der Waals surface area contributed by atoms with Crippen molar-refractivity contribution in [2.24, 2.45) is 11.7 Å². The number of aromatic nitrogens is 2. The van der Waals surface area contributed by atoms with Crippen molar-refractivity contribution in [1.82, 2.24) is 9.97 Å². The summed E-state index contributed by atoms with van der Waals surface area (Å²) in [4.78, 5) is 11.2. The van der Waals surface area contributed by atoms with Crippen LogP contribution >= 0.6 is 0 Å². The molecule has 1 fully saturated rings. The highest BCUT2D eigenvalue weighted by Gasteiger charge is 2.27. The minimum absolute atomic E-state index is 0.334. The van der Waals surface area contributed by atoms with Gasteiger partial charge in [0.25, 0.3) is 0 Å². The monoisotopic (exact) mass is 250 g/mol. The van der Waals surface area contributed by atoms with Gasteiger partial charge in [-0.05, 0) is 25.7 Å². The Morgan fingerprint density at radius 1 is 1.50 bits per heavy atom. The first-order valence-electron chi connectivity index (χ1n) is 6.50. The molecule has 0 radical (unpaired) electrons. The van der Waals surface area contributed by atoms with Crippen molar-refractivity contribution in [3.8, 4) is 5.88 Å². The van der Waals surface area contributed by atoms with Gasteiger partial charge >= 0.3 is 0 Å². The fourth-order valence-electron chi connectivity index (χ4n) is 2.50. The summed E-state index contributed by atoms with van der Waals surface area (Å²) in [6.45, 7) is 5.84. The van der Waals surface area contributed by atoms with E-state index >= 15 is 0 Å². The maximum absolute atomic E-state index is 5.87. The first-order valence-corrected chi connectivity index (χ1v) is 6.50. The van der Waals surface area contributed by atoms with Gasteiger partial charge in [-0.1, -0.05) is 6.92 Å². The summed E-state index contributed by atoms with van der Waals surface area (Å²) in [6.07, 6.45) is 2.27. The zero-order valence-electron chi connectivity index (χ0n) is 11.4. The largest absolute Gasteiger partial charge is 0.481 e. The molecule has 1 aliphatic heterocycles. The second-order valence-corrected chi connectivity index (χ2v) is 5.06. The molecule has 0 aliphatic carbocycles. The standard InChI is InChI=1S/C13H22N4O/c1-9-4-5-17(11(6-9)8-14)13-15-10(2)7-12(16-13)18-3/h7,9,11H,4-6,8,14H2,1-3H3. The van der Waals surface area contributed by atoms with E-state index in [-0.39, 0.29) is 0 Å². The molecule has 5 heteroatoms. The number of anilines is 1. The summed E-state index contributed by atoms with van der Waals surface area (Å²) in [6, 6.07) is 2.17. The molecule has 2 rings (SSSR count). The van der Waals surface area contributed by atoms with Crippen LogP contribution in [0.5, 0.6) is 5.88 Å². The van der Waals surface area contributed by atoms with Crippen molar-refractivity contribution < 1.29 is 4.74 Å². The highest BCUT2D eigenvalue weighted by molar-refractivity contribution is 5.36. The maximum atomic E-state index is 5.87. The molecule has 0 saturated carbocycles. The molecule has 1 aromatic heterocycles. The van der Waals surface area contributed by atoms with Gasteiger partial charge in [0, 0.05) is 30.9 Å². The third-order valence-electron chi connectivity index (χ3n) is 3.54. The molecule has 5 nitrogen and oxygen atoms in total. The molecule has 18 heavy (non-hydrogen) atoms. The Labute approximate surface area is 108 Å². The third-order valence-corrected chi connectivity index (χ3v) is 3.54. The number of methoxy groups -OCH3 is 1. The topological polar surface area (TPSA) is 64.3 Å². The number of hydrogen-bond donors (Lipinski definition) is 1. The van der Waals surface area contributed by atoms with E-state index in [1.807, 2.05) is 13.0 Å². The number of nitrogens with zero attached hydrogens (tertiary/aromatic N) is 3. The number of piperidine rings is 1. The van der Waals surface area contributed by atoms with Gasteiger partial charge in [-0.2, -0.15) is 4.98 Å². The molecule has 0 amide bonds. The zero-order chi connectivity index (χ0) is 13.1. The van der Waals surface area contributed by atoms with E-state index in [1.54, 1.807) is 7.11 Å². The van der Waals surface area contributed by atoms with E-state index in [1.165, 1.54) is 0 Å². The SMILES string of the molecule is COc1cc(C)nc(N2CCC(C)CC2CN)n1. The van der Waals surface area contributed by atoms with Gasteiger partial charge in [0.15, 0.2) is 0 Å². The molecular formula is C13H22N4O. The molecule has 2 N–H and O–H groups in total. The Bertz CT molecular complexity index is 410. The van der Waals surface area contributed by atoms with Crippen LogP contribution in [0.3, 0.4) is 0 Å². The van der Waals surface area contributed by atoms with Gasteiger partial charge in [-0.15, -0.1) is 0 Å². The van der Waals surface area contributed by atoms with Crippen LogP contribution in [0.2, 0.25) is 0 Å².